The van der Waals surface area contributed by atoms with Gasteiger partial charge in [-0.2, -0.15) is 5.26 Å². The van der Waals surface area contributed by atoms with Crippen molar-refractivity contribution in [3.8, 4) is 11.8 Å². The van der Waals surface area contributed by atoms with E-state index in [1.54, 1.807) is 7.11 Å². The zero-order valence-corrected chi connectivity index (χ0v) is 11.0. The molecule has 0 spiro atoms. The summed E-state index contributed by atoms with van der Waals surface area (Å²) in [5.74, 6) is 0.818. The van der Waals surface area contributed by atoms with Crippen LogP contribution in [0.5, 0.6) is 5.75 Å². The molecule has 0 radical (unpaired) electrons. The van der Waals surface area contributed by atoms with Crippen molar-refractivity contribution in [3.05, 3.63) is 65.7 Å². The van der Waals surface area contributed by atoms with Gasteiger partial charge in [0, 0.05) is 0 Å². The number of benzene rings is 2. The first-order chi connectivity index (χ1) is 9.33. The Balaban J connectivity index is 2.02. The monoisotopic (exact) mass is 251 g/mol. The fourth-order valence-electron chi connectivity index (χ4n) is 2.13. The minimum atomic E-state index is -0.0487. The number of hydrogen-bond donors (Lipinski definition) is 0. The summed E-state index contributed by atoms with van der Waals surface area (Å²) in [5, 5.41) is 9.28. The summed E-state index contributed by atoms with van der Waals surface area (Å²) in [7, 11) is 1.67. The second kappa shape index (κ2) is 6.61. The van der Waals surface area contributed by atoms with Crippen molar-refractivity contribution in [1.29, 1.82) is 5.26 Å². The molecule has 2 aromatic rings. The van der Waals surface area contributed by atoms with Gasteiger partial charge in [-0.05, 0) is 36.1 Å². The number of methoxy groups -OCH3 is 1. The normalized spacial score (nSPS) is 11.6. The fourth-order valence-corrected chi connectivity index (χ4v) is 2.13. The Bertz CT molecular complexity index is 557. The van der Waals surface area contributed by atoms with Crippen molar-refractivity contribution in [2.24, 2.45) is 0 Å². The average Bonchev–Trinajstić information content (AvgIpc) is 2.49. The summed E-state index contributed by atoms with van der Waals surface area (Å²) in [5.41, 5.74) is 2.29. The first-order valence-electron chi connectivity index (χ1n) is 6.41. The third-order valence-corrected chi connectivity index (χ3v) is 3.21. The summed E-state index contributed by atoms with van der Waals surface area (Å²) in [6.07, 6.45) is 1.71. The molecule has 0 bridgehead atoms. The highest BCUT2D eigenvalue weighted by molar-refractivity contribution is 5.30. The molecule has 0 saturated carbocycles. The van der Waals surface area contributed by atoms with Gasteiger partial charge in [-0.15, -0.1) is 0 Å². The van der Waals surface area contributed by atoms with E-state index in [1.807, 2.05) is 48.5 Å². The number of hydrogen-bond acceptors (Lipinski definition) is 2. The van der Waals surface area contributed by atoms with Gasteiger partial charge in [0.05, 0.1) is 19.1 Å². The lowest BCUT2D eigenvalue weighted by Gasteiger charge is -2.10. The Hall–Kier alpha value is -2.27. The van der Waals surface area contributed by atoms with E-state index in [4.69, 9.17) is 4.74 Å². The maximum Gasteiger partial charge on any atom is 0.119 e. The SMILES string of the molecule is COc1cccc(CC[C@@H](C#N)c2ccccc2)c1. The van der Waals surface area contributed by atoms with Crippen LogP contribution in [0.25, 0.3) is 0 Å². The molecule has 2 nitrogen and oxygen atoms in total. The number of rotatable bonds is 5. The van der Waals surface area contributed by atoms with Crippen LogP contribution < -0.4 is 4.74 Å². The highest BCUT2D eigenvalue weighted by atomic mass is 16.5. The molecule has 0 amide bonds. The molecule has 0 aromatic heterocycles. The predicted molar refractivity (Wildman–Crippen MR) is 76.1 cm³/mol. The van der Waals surface area contributed by atoms with Crippen molar-refractivity contribution in [2.75, 3.05) is 7.11 Å². The Morgan fingerprint density at radius 3 is 2.58 bits per heavy atom. The molecule has 2 heteroatoms. The Morgan fingerprint density at radius 1 is 1.11 bits per heavy atom. The van der Waals surface area contributed by atoms with E-state index in [-0.39, 0.29) is 5.92 Å². The van der Waals surface area contributed by atoms with Crippen LogP contribution in [0.1, 0.15) is 23.5 Å². The molecule has 2 aromatic carbocycles. The van der Waals surface area contributed by atoms with Gasteiger partial charge in [-0.3, -0.25) is 0 Å². The first kappa shape index (κ1) is 13.2. The van der Waals surface area contributed by atoms with Gasteiger partial charge < -0.3 is 4.74 Å². The first-order valence-corrected chi connectivity index (χ1v) is 6.41. The van der Waals surface area contributed by atoms with E-state index in [2.05, 4.69) is 12.1 Å². The molecule has 0 saturated heterocycles. The molecular weight excluding hydrogens is 234 g/mol. The van der Waals surface area contributed by atoms with E-state index in [1.165, 1.54) is 5.56 Å². The summed E-state index contributed by atoms with van der Waals surface area (Å²) < 4.78 is 5.21. The second-order valence-corrected chi connectivity index (χ2v) is 4.48. The average molecular weight is 251 g/mol. The molecule has 19 heavy (non-hydrogen) atoms. The number of nitriles is 1. The van der Waals surface area contributed by atoms with Crippen LogP contribution in [0.2, 0.25) is 0 Å². The van der Waals surface area contributed by atoms with Crippen molar-refractivity contribution in [3.63, 3.8) is 0 Å². The minimum absolute atomic E-state index is 0.0487. The van der Waals surface area contributed by atoms with E-state index >= 15 is 0 Å². The van der Waals surface area contributed by atoms with Gasteiger partial charge in [0.2, 0.25) is 0 Å². The van der Waals surface area contributed by atoms with E-state index in [0.717, 1.165) is 24.2 Å². The second-order valence-electron chi connectivity index (χ2n) is 4.48. The molecule has 1 atom stereocenters. The highest BCUT2D eigenvalue weighted by Gasteiger charge is 2.10. The molecule has 2 rings (SSSR count). The maximum absolute atomic E-state index is 9.28. The summed E-state index contributed by atoms with van der Waals surface area (Å²) >= 11 is 0. The lowest BCUT2D eigenvalue weighted by molar-refractivity contribution is 0.414. The van der Waals surface area contributed by atoms with Crippen LogP contribution in [0.15, 0.2) is 54.6 Å². The van der Waals surface area contributed by atoms with E-state index < -0.39 is 0 Å². The van der Waals surface area contributed by atoms with Crippen LogP contribution in [0.4, 0.5) is 0 Å². The van der Waals surface area contributed by atoms with Crippen molar-refractivity contribution < 1.29 is 4.74 Å². The summed E-state index contributed by atoms with van der Waals surface area (Å²) in [4.78, 5) is 0. The number of nitrogens with zero attached hydrogens (tertiary/aromatic N) is 1. The zero-order valence-electron chi connectivity index (χ0n) is 11.0. The van der Waals surface area contributed by atoms with Gasteiger partial charge in [0.15, 0.2) is 0 Å². The molecule has 0 fully saturated rings. The Kier molecular flexibility index (Phi) is 4.58. The molecule has 0 aliphatic heterocycles. The topological polar surface area (TPSA) is 33.0 Å². The van der Waals surface area contributed by atoms with E-state index in [9.17, 15) is 5.26 Å². The molecular formula is C17H17NO. The molecule has 0 heterocycles. The lowest BCUT2D eigenvalue weighted by Crippen LogP contribution is -1.98. The number of aryl methyl sites for hydroxylation is 1. The number of ether oxygens (including phenoxy) is 1. The quantitative estimate of drug-likeness (QED) is 0.806. The molecule has 0 aliphatic rings. The minimum Gasteiger partial charge on any atom is -0.497 e. The standard InChI is InChI=1S/C17H17NO/c1-19-17-9-5-6-14(12-17)10-11-16(13-18)15-7-3-2-4-8-15/h2-9,12,16H,10-11H2,1H3/t16-/m0/s1. The molecule has 0 N–H and O–H groups in total. The maximum atomic E-state index is 9.28. The Morgan fingerprint density at radius 2 is 1.89 bits per heavy atom. The fraction of sp³-hybridized carbons (Fsp3) is 0.235. The van der Waals surface area contributed by atoms with E-state index in [0.29, 0.717) is 0 Å². The van der Waals surface area contributed by atoms with Gasteiger partial charge in [0.25, 0.3) is 0 Å². The van der Waals surface area contributed by atoms with Crippen molar-refractivity contribution in [2.45, 2.75) is 18.8 Å². The highest BCUT2D eigenvalue weighted by Crippen LogP contribution is 2.22. The van der Waals surface area contributed by atoms with Crippen molar-refractivity contribution in [1.82, 2.24) is 0 Å². The largest absolute Gasteiger partial charge is 0.497 e. The summed E-state index contributed by atoms with van der Waals surface area (Å²) in [6, 6.07) is 20.4. The van der Waals surface area contributed by atoms with Gasteiger partial charge in [-0.1, -0.05) is 42.5 Å². The predicted octanol–water partition coefficient (Wildman–Crippen LogP) is 3.94. The molecule has 0 unspecified atom stereocenters. The lowest BCUT2D eigenvalue weighted by atomic mass is 9.93. The Labute approximate surface area is 114 Å². The van der Waals surface area contributed by atoms with Crippen LogP contribution in [0.3, 0.4) is 0 Å². The van der Waals surface area contributed by atoms with Crippen LogP contribution in [0, 0.1) is 11.3 Å². The zero-order chi connectivity index (χ0) is 13.5. The van der Waals surface area contributed by atoms with Crippen LogP contribution in [-0.4, -0.2) is 7.11 Å². The molecule has 96 valence electrons. The van der Waals surface area contributed by atoms with Gasteiger partial charge in [-0.25, -0.2) is 0 Å². The van der Waals surface area contributed by atoms with Gasteiger partial charge >= 0.3 is 0 Å². The smallest absolute Gasteiger partial charge is 0.119 e. The van der Waals surface area contributed by atoms with Crippen LogP contribution in [-0.2, 0) is 6.42 Å². The van der Waals surface area contributed by atoms with Crippen LogP contribution >= 0.6 is 0 Å². The summed E-state index contributed by atoms with van der Waals surface area (Å²) in [6.45, 7) is 0. The van der Waals surface area contributed by atoms with Crippen molar-refractivity contribution >= 4 is 0 Å². The third-order valence-electron chi connectivity index (χ3n) is 3.21. The third kappa shape index (κ3) is 3.59. The molecule has 0 aliphatic carbocycles. The van der Waals surface area contributed by atoms with Gasteiger partial charge in [0.1, 0.15) is 5.75 Å².